The Morgan fingerprint density at radius 1 is 0.412 bits per heavy atom. The summed E-state index contributed by atoms with van der Waals surface area (Å²) in [5.74, 6) is -1.07. The van der Waals surface area contributed by atoms with Crippen molar-refractivity contribution < 1.29 is 68.1 Å². The number of nitrogens with one attached hydrogen (secondary N) is 9. The van der Waals surface area contributed by atoms with Crippen LogP contribution in [0.4, 0.5) is 9.59 Å². The van der Waals surface area contributed by atoms with Crippen LogP contribution in [0.5, 0.6) is 0 Å². The molecule has 5 amide bonds. The highest BCUT2D eigenvalue weighted by Crippen LogP contribution is 2.42. The molecule has 0 spiro atoms. The van der Waals surface area contributed by atoms with E-state index in [9.17, 15) is 39.6 Å². The first kappa shape index (κ1) is 92.0. The average Bonchev–Trinajstić information content (AvgIpc) is 0.782. The molecule has 28 nitrogen and oxygen atoms in total. The molecule has 6 aromatic rings. The van der Waals surface area contributed by atoms with Gasteiger partial charge in [-0.1, -0.05) is 106 Å². The van der Waals surface area contributed by atoms with Gasteiger partial charge in [-0.2, -0.15) is 0 Å². The molecule has 0 radical (unpaired) electrons. The van der Waals surface area contributed by atoms with E-state index in [0.717, 1.165) is 50.1 Å². The number of nitrogens with zero attached hydrogens (tertiary/aromatic N) is 3. The standard InChI is InChI=1S/C77H101Cl6N13O15S3/c1-94-46-64(61-40-55(78)43-70(81)67(61)49-94)52-7-4-10-58(37-52)112(100,101)91-22-28-109-32-31-106-25-13-73(84)74(97)86-17-14-77(85,15-18-87-75(98)89-20-26-107-33-35-110-29-23-92-113(102,103)59-11-5-8-53(38-59)65-47-95(2)50-68-62(65)41-56(79)44-71(68)82)16-19-88-76(99)90-21-27-108-34-36-111-30-24-93-114(104,105)60-12-6-9-54(39-60)66-48-96(3)51-69-63(66)42-57(80)45-72(69)83/h4-12,37-45,64-66,84,91-93H,13-36,46-51,85H2,1-3H3,(H,86,97)(H2,87,89,98)(H2,88,90,99)/t64-,65-,66-/m0/s1. The lowest BCUT2D eigenvalue weighted by atomic mass is 9.85. The summed E-state index contributed by atoms with van der Waals surface area (Å²) in [7, 11) is -5.70. The molecular weight excluding hydrogens is 1660 g/mol. The second-order valence-corrected chi connectivity index (χ2v) is 36.0. The molecule has 9 rings (SSSR count). The van der Waals surface area contributed by atoms with Crippen LogP contribution in [0.2, 0.25) is 30.1 Å². The van der Waals surface area contributed by atoms with Crippen molar-refractivity contribution in [1.29, 1.82) is 5.41 Å². The minimum atomic E-state index is -3.89. The molecule has 6 aromatic carbocycles. The minimum Gasteiger partial charge on any atom is -0.379 e. The fourth-order valence-electron chi connectivity index (χ4n) is 13.7. The van der Waals surface area contributed by atoms with Crippen LogP contribution in [0.1, 0.15) is 93.5 Å². The van der Waals surface area contributed by atoms with Gasteiger partial charge in [-0.15, -0.1) is 0 Å². The summed E-state index contributed by atoms with van der Waals surface area (Å²) in [4.78, 5) is 45.6. The minimum absolute atomic E-state index is 0.00155. The van der Waals surface area contributed by atoms with Crippen molar-refractivity contribution >= 4 is 123 Å². The number of nitrogens with two attached hydrogens (primary N) is 1. The van der Waals surface area contributed by atoms with E-state index in [1.807, 2.05) is 57.5 Å². The molecule has 3 aliphatic heterocycles. The quantitative estimate of drug-likeness (QED) is 0.0126. The highest BCUT2D eigenvalue weighted by atomic mass is 35.5. The van der Waals surface area contributed by atoms with Crippen LogP contribution >= 0.6 is 69.6 Å². The number of amides is 5. The van der Waals surface area contributed by atoms with Gasteiger partial charge in [0, 0.05) is 151 Å². The third-order valence-corrected chi connectivity index (χ3v) is 25.5. The highest BCUT2D eigenvalue weighted by molar-refractivity contribution is 7.90. The Balaban J connectivity index is 0.644. The summed E-state index contributed by atoms with van der Waals surface area (Å²) in [5, 5.41) is 25.4. The number of carbonyl (C=O) groups excluding carboxylic acids is 3. The van der Waals surface area contributed by atoms with Crippen LogP contribution in [0.3, 0.4) is 0 Å². The van der Waals surface area contributed by atoms with Crippen molar-refractivity contribution in [2.45, 2.75) is 83.3 Å². The van der Waals surface area contributed by atoms with E-state index in [1.165, 1.54) is 18.2 Å². The lowest BCUT2D eigenvalue weighted by Gasteiger charge is -2.33. The van der Waals surface area contributed by atoms with E-state index in [-0.39, 0.29) is 195 Å². The van der Waals surface area contributed by atoms with Gasteiger partial charge in [0.15, 0.2) is 0 Å². The number of rotatable bonds is 46. The fourth-order valence-corrected chi connectivity index (χ4v) is 18.6. The van der Waals surface area contributed by atoms with Gasteiger partial charge in [0.1, 0.15) is 0 Å². The Kier molecular flexibility index (Phi) is 36.1. The van der Waals surface area contributed by atoms with Crippen molar-refractivity contribution in [3.05, 3.63) is 189 Å². The normalized spacial score (nSPS) is 16.2. The Morgan fingerprint density at radius 3 is 1.03 bits per heavy atom. The van der Waals surface area contributed by atoms with Crippen molar-refractivity contribution in [2.75, 3.05) is 172 Å². The Morgan fingerprint density at radius 2 is 0.702 bits per heavy atom. The maximum atomic E-state index is 13.4. The van der Waals surface area contributed by atoms with Crippen LogP contribution in [0, 0.1) is 5.41 Å². The van der Waals surface area contributed by atoms with Gasteiger partial charge in [-0.25, -0.2) is 49.0 Å². The number of ether oxygens (including phenoxy) is 6. The van der Waals surface area contributed by atoms with E-state index >= 15 is 0 Å². The van der Waals surface area contributed by atoms with E-state index in [0.29, 0.717) is 69.4 Å². The van der Waals surface area contributed by atoms with Gasteiger partial charge in [0.25, 0.3) is 5.91 Å². The molecule has 37 heteroatoms. The highest BCUT2D eigenvalue weighted by Gasteiger charge is 2.33. The zero-order chi connectivity index (χ0) is 82.0. The SMILES string of the molecule is CN1Cc2c(Cl)cc(Cl)cc2[C@H](c2cccc(S(=O)(=O)NCCOCCOCCNC(=O)NCCC(N)(CCNC(=O)NCCOCCOCCNS(=O)(=O)c3cccc([C@@H]4CN(C)Cc5c(Cl)cc(Cl)cc54)c3)CCNC(=O)C(=N)CCOCCOCCNS(=O)(=O)c3cccc([C@@H]4CN(C)Cc5c(Cl)cc(Cl)cc54)c3)c2)C1. The molecular formula is C77H101Cl6N13O15S3. The van der Waals surface area contributed by atoms with E-state index in [1.54, 1.807) is 54.6 Å². The molecule has 0 aromatic heterocycles. The number of likely N-dealkylation sites (N-methyl/N-ethyl adjacent to an activating group) is 3. The van der Waals surface area contributed by atoms with E-state index < -0.39 is 53.6 Å². The van der Waals surface area contributed by atoms with Crippen LogP contribution in [-0.4, -0.2) is 242 Å². The van der Waals surface area contributed by atoms with E-state index in [2.05, 4.69) is 55.4 Å². The van der Waals surface area contributed by atoms with Crippen molar-refractivity contribution in [1.82, 2.24) is 55.4 Å². The maximum absolute atomic E-state index is 13.4. The molecule has 3 heterocycles. The summed E-state index contributed by atoms with van der Waals surface area (Å²) in [6, 6.07) is 30.2. The largest absolute Gasteiger partial charge is 0.379 e. The molecule has 0 fully saturated rings. The van der Waals surface area contributed by atoms with Crippen LogP contribution in [0.15, 0.2) is 124 Å². The first-order chi connectivity index (χ1) is 54.5. The number of sulfonamides is 3. The third kappa shape index (κ3) is 28.1. The van der Waals surface area contributed by atoms with Gasteiger partial charge in [-0.3, -0.25) is 10.2 Å². The van der Waals surface area contributed by atoms with E-state index in [4.69, 9.17) is 109 Å². The topological polar surface area (TPSA) is 365 Å². The number of carbonyl (C=O) groups is 3. The Labute approximate surface area is 698 Å². The lowest BCUT2D eigenvalue weighted by molar-refractivity contribution is -0.115. The summed E-state index contributed by atoms with van der Waals surface area (Å²) in [6.07, 6.45) is 0.623. The zero-order valence-corrected chi connectivity index (χ0v) is 70.9. The predicted octanol–water partition coefficient (Wildman–Crippen LogP) is 8.67. The molecule has 114 heavy (non-hydrogen) atoms. The molecule has 3 atom stereocenters. The molecule has 0 saturated heterocycles. The summed E-state index contributed by atoms with van der Waals surface area (Å²) < 4.78 is 122. The van der Waals surface area contributed by atoms with Gasteiger partial charge < -0.3 is 75.4 Å². The zero-order valence-electron chi connectivity index (χ0n) is 63.9. The predicted molar refractivity (Wildman–Crippen MR) is 443 cm³/mol. The Hall–Kier alpha value is -5.93. The average molecular weight is 1760 g/mol. The van der Waals surface area contributed by atoms with Gasteiger partial charge in [0.2, 0.25) is 30.1 Å². The van der Waals surface area contributed by atoms with Crippen molar-refractivity contribution in [3.63, 3.8) is 0 Å². The van der Waals surface area contributed by atoms with Gasteiger partial charge >= 0.3 is 12.1 Å². The number of benzene rings is 6. The second-order valence-electron chi connectivity index (χ2n) is 28.2. The number of halogens is 6. The fraction of sp³-hybridized carbons (Fsp3) is 0.481. The number of urea groups is 2. The molecule has 3 aliphatic rings. The third-order valence-electron chi connectivity index (χ3n) is 19.5. The summed E-state index contributed by atoms with van der Waals surface area (Å²) >= 11 is 38.8. The first-order valence-electron chi connectivity index (χ1n) is 37.4. The monoisotopic (exact) mass is 1750 g/mol. The molecule has 11 N–H and O–H groups in total. The van der Waals surface area contributed by atoms with Crippen molar-refractivity contribution in [3.8, 4) is 0 Å². The number of hydrogen-bond donors (Lipinski definition) is 10. The summed E-state index contributed by atoms with van der Waals surface area (Å²) in [6.45, 7) is 5.98. The smallest absolute Gasteiger partial charge is 0.314 e. The summed E-state index contributed by atoms with van der Waals surface area (Å²) in [5.41, 5.74) is 13.9. The van der Waals surface area contributed by atoms with Crippen LogP contribution < -0.4 is 46.5 Å². The van der Waals surface area contributed by atoms with Gasteiger partial charge in [-0.05, 0) is 163 Å². The second kappa shape index (κ2) is 44.8. The van der Waals surface area contributed by atoms with Crippen LogP contribution in [-0.2, 0) is 82.9 Å². The molecule has 624 valence electrons. The molecule has 0 unspecified atom stereocenters. The van der Waals surface area contributed by atoms with Gasteiger partial charge in [0.05, 0.1) is 99.7 Å². The van der Waals surface area contributed by atoms with Crippen molar-refractivity contribution in [2.24, 2.45) is 5.73 Å². The van der Waals surface area contributed by atoms with Crippen LogP contribution in [0.25, 0.3) is 0 Å². The number of fused-ring (bicyclic) bond motifs is 3. The lowest BCUT2D eigenvalue weighted by Crippen LogP contribution is -2.49. The Bertz CT molecular complexity index is 4440. The molecule has 0 aliphatic carbocycles. The number of hydrogen-bond acceptors (Lipinski definition) is 20. The maximum Gasteiger partial charge on any atom is 0.314 e. The molecule has 0 saturated carbocycles. The molecule has 0 bridgehead atoms. The first-order valence-corrected chi connectivity index (χ1v) is 44.1.